The molecule has 0 radical (unpaired) electrons. The molecular formula is C13H12O3. The largest absolute Gasteiger partial charge is 0.423 e. The fourth-order valence-electron chi connectivity index (χ4n) is 1.58. The molecule has 16 heavy (non-hydrogen) atoms. The summed E-state index contributed by atoms with van der Waals surface area (Å²) in [6.07, 6.45) is 11.2. The Morgan fingerprint density at radius 2 is 1.94 bits per heavy atom. The van der Waals surface area contributed by atoms with Gasteiger partial charge in [-0.2, -0.15) is 0 Å². The van der Waals surface area contributed by atoms with Crippen LogP contribution in [0.25, 0.3) is 12.2 Å². The molecule has 1 aliphatic carbocycles. The van der Waals surface area contributed by atoms with E-state index in [0.717, 1.165) is 11.1 Å². The van der Waals surface area contributed by atoms with Gasteiger partial charge in [0.25, 0.3) is 0 Å². The van der Waals surface area contributed by atoms with Crippen molar-refractivity contribution in [3.05, 3.63) is 57.7 Å². The van der Waals surface area contributed by atoms with Crippen LogP contribution in [-0.2, 0) is 11.3 Å². The number of ether oxygens (including phenoxy) is 1. The highest BCUT2D eigenvalue weighted by atomic mass is 16.5. The molecule has 0 amide bonds. The third kappa shape index (κ3) is 2.20. The quantitative estimate of drug-likeness (QED) is 0.762. The van der Waals surface area contributed by atoms with Crippen LogP contribution < -0.4 is 5.63 Å². The number of hydrogen-bond acceptors (Lipinski definition) is 3. The molecule has 0 fully saturated rings. The number of methoxy groups -OCH3 is 1. The summed E-state index contributed by atoms with van der Waals surface area (Å²) in [5.41, 5.74) is 1.38. The minimum absolute atomic E-state index is 0.353. The minimum Gasteiger partial charge on any atom is -0.423 e. The second kappa shape index (κ2) is 4.77. The van der Waals surface area contributed by atoms with Crippen molar-refractivity contribution in [2.45, 2.75) is 6.61 Å². The van der Waals surface area contributed by atoms with Crippen LogP contribution >= 0.6 is 0 Å². The summed E-state index contributed by atoms with van der Waals surface area (Å²) < 4.78 is 10.2. The van der Waals surface area contributed by atoms with Gasteiger partial charge in [0, 0.05) is 18.7 Å². The average molecular weight is 216 g/mol. The van der Waals surface area contributed by atoms with E-state index >= 15 is 0 Å². The molecule has 1 heterocycles. The van der Waals surface area contributed by atoms with Crippen LogP contribution in [0.4, 0.5) is 0 Å². The van der Waals surface area contributed by atoms with Crippen molar-refractivity contribution >= 4 is 12.2 Å². The van der Waals surface area contributed by atoms with E-state index in [9.17, 15) is 4.79 Å². The lowest BCUT2D eigenvalue weighted by atomic mass is 10.1. The monoisotopic (exact) mass is 216 g/mol. The van der Waals surface area contributed by atoms with Gasteiger partial charge in [-0.05, 0) is 11.6 Å². The Bertz CT molecular complexity index is 518. The molecule has 0 N–H and O–H groups in total. The molecule has 0 spiro atoms. The Labute approximate surface area is 93.4 Å². The van der Waals surface area contributed by atoms with E-state index in [2.05, 4.69) is 0 Å². The molecule has 0 aromatic carbocycles. The first-order chi connectivity index (χ1) is 7.81. The van der Waals surface area contributed by atoms with Gasteiger partial charge in [-0.25, -0.2) is 4.79 Å². The normalized spacial score (nSPS) is 13.3. The Morgan fingerprint density at radius 1 is 1.19 bits per heavy atom. The van der Waals surface area contributed by atoms with Gasteiger partial charge >= 0.3 is 5.63 Å². The number of fused-ring (bicyclic) bond motifs is 1. The van der Waals surface area contributed by atoms with Gasteiger partial charge in [0.2, 0.25) is 0 Å². The van der Waals surface area contributed by atoms with Gasteiger partial charge < -0.3 is 9.15 Å². The van der Waals surface area contributed by atoms with Crippen molar-refractivity contribution < 1.29 is 9.15 Å². The summed E-state index contributed by atoms with van der Waals surface area (Å²) in [6, 6.07) is 1.46. The molecule has 1 aromatic heterocycles. The molecule has 0 atom stereocenters. The topological polar surface area (TPSA) is 39.4 Å². The lowest BCUT2D eigenvalue weighted by Crippen LogP contribution is -2.05. The zero-order valence-electron chi connectivity index (χ0n) is 8.97. The minimum atomic E-state index is -0.353. The van der Waals surface area contributed by atoms with Crippen LogP contribution in [0.3, 0.4) is 0 Å². The first-order valence-electron chi connectivity index (χ1n) is 4.98. The van der Waals surface area contributed by atoms with Crippen LogP contribution in [0, 0.1) is 0 Å². The van der Waals surface area contributed by atoms with Crippen LogP contribution in [0.15, 0.2) is 39.6 Å². The predicted molar refractivity (Wildman–Crippen MR) is 62.9 cm³/mol. The van der Waals surface area contributed by atoms with Crippen LogP contribution in [0.1, 0.15) is 16.9 Å². The second-order valence-electron chi connectivity index (χ2n) is 3.40. The molecule has 1 aromatic rings. The summed E-state index contributed by atoms with van der Waals surface area (Å²) in [5.74, 6) is 0.570. The summed E-state index contributed by atoms with van der Waals surface area (Å²) in [4.78, 5) is 11.3. The third-order valence-electron chi connectivity index (χ3n) is 2.26. The molecule has 0 bridgehead atoms. The Hall–Kier alpha value is -1.87. The summed E-state index contributed by atoms with van der Waals surface area (Å²) in [6.45, 7) is 0.399. The van der Waals surface area contributed by atoms with Crippen molar-refractivity contribution in [3.8, 4) is 0 Å². The lowest BCUT2D eigenvalue weighted by molar-refractivity contribution is 0.184. The van der Waals surface area contributed by atoms with Gasteiger partial charge in [-0.1, -0.05) is 30.4 Å². The Balaban J connectivity index is 2.61. The molecule has 0 unspecified atom stereocenters. The molecule has 0 saturated carbocycles. The maximum absolute atomic E-state index is 11.3. The highest BCUT2D eigenvalue weighted by Gasteiger charge is 2.08. The highest BCUT2D eigenvalue weighted by molar-refractivity contribution is 5.66. The summed E-state index contributed by atoms with van der Waals surface area (Å²) >= 11 is 0. The van der Waals surface area contributed by atoms with Crippen LogP contribution in [-0.4, -0.2) is 7.11 Å². The van der Waals surface area contributed by atoms with E-state index in [4.69, 9.17) is 9.15 Å². The van der Waals surface area contributed by atoms with Crippen molar-refractivity contribution in [1.29, 1.82) is 0 Å². The fourth-order valence-corrected chi connectivity index (χ4v) is 1.58. The van der Waals surface area contributed by atoms with Gasteiger partial charge in [-0.3, -0.25) is 0 Å². The molecule has 0 aliphatic heterocycles. The Kier molecular flexibility index (Phi) is 3.17. The number of hydrogen-bond donors (Lipinski definition) is 0. The molecule has 3 heteroatoms. The third-order valence-corrected chi connectivity index (χ3v) is 2.26. The molecule has 0 saturated heterocycles. The van der Waals surface area contributed by atoms with E-state index in [0.29, 0.717) is 12.4 Å². The Morgan fingerprint density at radius 3 is 2.69 bits per heavy atom. The van der Waals surface area contributed by atoms with E-state index in [1.54, 1.807) is 13.2 Å². The molecule has 3 nitrogen and oxygen atoms in total. The zero-order chi connectivity index (χ0) is 11.4. The van der Waals surface area contributed by atoms with Crippen molar-refractivity contribution in [1.82, 2.24) is 0 Å². The first kappa shape index (κ1) is 10.6. The highest BCUT2D eigenvalue weighted by Crippen LogP contribution is 2.18. The van der Waals surface area contributed by atoms with Gasteiger partial charge in [0.1, 0.15) is 5.76 Å². The summed E-state index contributed by atoms with van der Waals surface area (Å²) in [7, 11) is 1.60. The van der Waals surface area contributed by atoms with Crippen molar-refractivity contribution in [2.75, 3.05) is 7.11 Å². The van der Waals surface area contributed by atoms with Gasteiger partial charge in [0.15, 0.2) is 0 Å². The van der Waals surface area contributed by atoms with Crippen molar-refractivity contribution in [2.24, 2.45) is 0 Å². The summed E-state index contributed by atoms with van der Waals surface area (Å²) in [5, 5.41) is 0. The smallest absolute Gasteiger partial charge is 0.336 e. The van der Waals surface area contributed by atoms with Crippen molar-refractivity contribution in [3.63, 3.8) is 0 Å². The van der Waals surface area contributed by atoms with E-state index in [-0.39, 0.29) is 5.63 Å². The van der Waals surface area contributed by atoms with Crippen LogP contribution in [0.5, 0.6) is 0 Å². The molecular weight excluding hydrogens is 204 g/mol. The van der Waals surface area contributed by atoms with Gasteiger partial charge in [0.05, 0.1) is 6.61 Å². The molecule has 82 valence electrons. The number of allylic oxidation sites excluding steroid dienone is 4. The van der Waals surface area contributed by atoms with E-state index in [1.807, 2.05) is 30.4 Å². The van der Waals surface area contributed by atoms with Crippen LogP contribution in [0.2, 0.25) is 0 Å². The fraction of sp³-hybridized carbons (Fsp3) is 0.154. The van der Waals surface area contributed by atoms with E-state index < -0.39 is 0 Å². The first-order valence-corrected chi connectivity index (χ1v) is 4.98. The standard InChI is InChI=1S/C13H12O3/c1-15-9-10-8-13(14)16-12-7-5-3-2-4-6-11(10)12/h2-8H,9H2,1H3. The number of rotatable bonds is 2. The predicted octanol–water partition coefficient (Wildman–Crippen LogP) is 2.38. The molecule has 1 aliphatic rings. The van der Waals surface area contributed by atoms with E-state index in [1.165, 1.54) is 6.07 Å². The zero-order valence-corrected chi connectivity index (χ0v) is 8.97. The van der Waals surface area contributed by atoms with Gasteiger partial charge in [-0.15, -0.1) is 0 Å². The average Bonchev–Trinajstić information content (AvgIpc) is 2.21. The second-order valence-corrected chi connectivity index (χ2v) is 3.40. The SMILES string of the molecule is COCc1cc(=O)oc2c1C=CC=CC=C2. The lowest BCUT2D eigenvalue weighted by Gasteiger charge is -2.07. The molecule has 2 rings (SSSR count). The maximum Gasteiger partial charge on any atom is 0.336 e. The maximum atomic E-state index is 11.3.